The average molecular weight is 194 g/mol. The van der Waals surface area contributed by atoms with Crippen LogP contribution >= 0.6 is 8.38 Å². The molecule has 12 heavy (non-hydrogen) atoms. The summed E-state index contributed by atoms with van der Waals surface area (Å²) in [6.07, 6.45) is 0.880. The molecule has 0 radical (unpaired) electrons. The summed E-state index contributed by atoms with van der Waals surface area (Å²) in [7, 11) is -0.697. The smallest absolute Gasteiger partial charge is 0.172 e. The Morgan fingerprint density at radius 2 is 1.50 bits per heavy atom. The third-order valence-electron chi connectivity index (χ3n) is 1.17. The van der Waals surface area contributed by atoms with Gasteiger partial charge >= 0.3 is 0 Å². The molecule has 0 unspecified atom stereocenters. The van der Waals surface area contributed by atoms with Crippen LogP contribution in [0.5, 0.6) is 0 Å². The molecule has 0 bridgehead atoms. The topological polar surface area (TPSA) is 27.7 Å². The summed E-state index contributed by atoms with van der Waals surface area (Å²) in [6.45, 7) is 8.90. The van der Waals surface area contributed by atoms with E-state index < -0.39 is 8.38 Å². The Morgan fingerprint density at radius 1 is 0.917 bits per heavy atom. The fourth-order valence-corrected chi connectivity index (χ4v) is 1.92. The van der Waals surface area contributed by atoms with E-state index in [0.29, 0.717) is 0 Å². The first-order valence-electron chi connectivity index (χ1n) is 4.46. The van der Waals surface area contributed by atoms with Crippen molar-refractivity contribution in [2.75, 3.05) is 32.6 Å². The first-order chi connectivity index (χ1) is 5.85. The second-order valence-electron chi connectivity index (χ2n) is 2.09. The molecule has 0 saturated heterocycles. The van der Waals surface area contributed by atoms with E-state index >= 15 is 0 Å². The van der Waals surface area contributed by atoms with Gasteiger partial charge in [0.25, 0.3) is 0 Å². The lowest BCUT2D eigenvalue weighted by Gasteiger charge is -2.14. The van der Waals surface area contributed by atoms with E-state index in [0.717, 1.165) is 32.6 Å². The molecule has 0 N–H and O–H groups in total. The zero-order chi connectivity index (χ0) is 9.23. The molecule has 74 valence electrons. The van der Waals surface area contributed by atoms with Gasteiger partial charge in [0.05, 0.1) is 19.8 Å². The predicted molar refractivity (Wildman–Crippen MR) is 51.5 cm³/mol. The molecule has 0 heterocycles. The molecule has 0 atom stereocenters. The third-order valence-corrected chi connectivity index (χ3v) is 2.81. The van der Waals surface area contributed by atoms with Crippen LogP contribution < -0.4 is 0 Å². The normalized spacial score (nSPS) is 11.0. The molecular weight excluding hydrogens is 175 g/mol. The van der Waals surface area contributed by atoms with E-state index in [1.54, 1.807) is 0 Å². The maximum atomic E-state index is 5.39. The lowest BCUT2D eigenvalue weighted by molar-refractivity contribution is 0.158. The van der Waals surface area contributed by atoms with Crippen LogP contribution in [0.2, 0.25) is 0 Å². The minimum atomic E-state index is -0.697. The largest absolute Gasteiger partial charge is 0.381 e. The molecule has 0 aromatic heterocycles. The number of hydrogen-bond donors (Lipinski definition) is 0. The van der Waals surface area contributed by atoms with E-state index in [1.165, 1.54) is 0 Å². The predicted octanol–water partition coefficient (Wildman–Crippen LogP) is 2.41. The van der Waals surface area contributed by atoms with Gasteiger partial charge in [0.2, 0.25) is 0 Å². The summed E-state index contributed by atoms with van der Waals surface area (Å²) >= 11 is 0. The van der Waals surface area contributed by atoms with Crippen molar-refractivity contribution in [3.05, 3.63) is 0 Å². The van der Waals surface area contributed by atoms with E-state index in [1.807, 2.05) is 20.8 Å². The van der Waals surface area contributed by atoms with Gasteiger partial charge in [-0.1, -0.05) is 0 Å². The Labute approximate surface area is 76.3 Å². The fraction of sp³-hybridized carbons (Fsp3) is 1.00. The lowest BCUT2D eigenvalue weighted by Crippen LogP contribution is -2.02. The minimum absolute atomic E-state index is 0.697. The Morgan fingerprint density at radius 3 is 1.92 bits per heavy atom. The van der Waals surface area contributed by atoms with Crippen LogP contribution in [0, 0.1) is 0 Å². The van der Waals surface area contributed by atoms with Gasteiger partial charge in [-0.2, -0.15) is 0 Å². The van der Waals surface area contributed by atoms with Gasteiger partial charge in [0, 0.05) is 12.8 Å². The van der Waals surface area contributed by atoms with E-state index in [-0.39, 0.29) is 0 Å². The first kappa shape index (κ1) is 12.3. The minimum Gasteiger partial charge on any atom is -0.381 e. The van der Waals surface area contributed by atoms with Crippen LogP contribution in [0.25, 0.3) is 0 Å². The lowest BCUT2D eigenvalue weighted by atomic mass is 10.8. The summed E-state index contributed by atoms with van der Waals surface area (Å²) in [4.78, 5) is 0. The zero-order valence-corrected chi connectivity index (χ0v) is 9.10. The molecule has 0 spiro atoms. The van der Waals surface area contributed by atoms with Crippen molar-refractivity contribution >= 4 is 8.38 Å². The van der Waals surface area contributed by atoms with Gasteiger partial charge in [-0.05, 0) is 20.8 Å². The zero-order valence-electron chi connectivity index (χ0n) is 8.21. The summed E-state index contributed by atoms with van der Waals surface area (Å²) in [5, 5.41) is 0. The molecule has 3 nitrogen and oxygen atoms in total. The van der Waals surface area contributed by atoms with Gasteiger partial charge in [-0.25, -0.2) is 0 Å². The number of rotatable bonds is 8. The standard InChI is InChI=1S/C8H19O3P/c1-4-9-7-8-12(10-5-2)11-6-3/h4-8H2,1-3H3. The molecule has 0 aliphatic rings. The molecule has 0 rings (SSSR count). The number of ether oxygens (including phenoxy) is 1. The highest BCUT2D eigenvalue weighted by molar-refractivity contribution is 7.47. The molecule has 0 saturated carbocycles. The van der Waals surface area contributed by atoms with E-state index in [2.05, 4.69) is 0 Å². The molecule has 0 fully saturated rings. The summed E-state index contributed by atoms with van der Waals surface area (Å²) in [5.41, 5.74) is 0. The van der Waals surface area contributed by atoms with Crippen molar-refractivity contribution in [1.82, 2.24) is 0 Å². The third kappa shape index (κ3) is 6.99. The first-order valence-corrected chi connectivity index (χ1v) is 5.82. The van der Waals surface area contributed by atoms with E-state index in [9.17, 15) is 0 Å². The Hall–Kier alpha value is 0.310. The maximum absolute atomic E-state index is 5.39. The van der Waals surface area contributed by atoms with Crippen LogP contribution in [0.15, 0.2) is 0 Å². The van der Waals surface area contributed by atoms with E-state index in [4.69, 9.17) is 13.8 Å². The van der Waals surface area contributed by atoms with Crippen LogP contribution in [-0.2, 0) is 13.8 Å². The van der Waals surface area contributed by atoms with Crippen molar-refractivity contribution in [1.29, 1.82) is 0 Å². The molecule has 0 aliphatic heterocycles. The van der Waals surface area contributed by atoms with Crippen LogP contribution in [-0.4, -0.2) is 32.6 Å². The quantitative estimate of drug-likeness (QED) is 0.438. The average Bonchev–Trinajstić information content (AvgIpc) is 2.06. The van der Waals surface area contributed by atoms with Crippen molar-refractivity contribution in [3.63, 3.8) is 0 Å². The van der Waals surface area contributed by atoms with Gasteiger partial charge < -0.3 is 13.8 Å². The van der Waals surface area contributed by atoms with Gasteiger partial charge in [0.1, 0.15) is 0 Å². The van der Waals surface area contributed by atoms with Gasteiger partial charge in [-0.3, -0.25) is 0 Å². The second-order valence-corrected chi connectivity index (χ2v) is 3.72. The summed E-state index contributed by atoms with van der Waals surface area (Å²) in [5.74, 6) is 0. The van der Waals surface area contributed by atoms with Crippen molar-refractivity contribution < 1.29 is 13.8 Å². The van der Waals surface area contributed by atoms with Gasteiger partial charge in [-0.15, -0.1) is 0 Å². The second kappa shape index (κ2) is 9.40. The summed E-state index contributed by atoms with van der Waals surface area (Å²) in [6, 6.07) is 0. The van der Waals surface area contributed by atoms with Crippen LogP contribution in [0.1, 0.15) is 20.8 Å². The maximum Gasteiger partial charge on any atom is 0.172 e. The highest BCUT2D eigenvalue weighted by Gasteiger charge is 2.07. The van der Waals surface area contributed by atoms with Crippen LogP contribution in [0.3, 0.4) is 0 Å². The molecular formula is C8H19O3P. The highest BCUT2D eigenvalue weighted by atomic mass is 31.2. The molecule has 0 aromatic rings. The van der Waals surface area contributed by atoms with Crippen LogP contribution in [0.4, 0.5) is 0 Å². The van der Waals surface area contributed by atoms with Gasteiger partial charge in [0.15, 0.2) is 8.38 Å². The number of hydrogen-bond acceptors (Lipinski definition) is 3. The Bertz CT molecular complexity index is 84.4. The molecule has 0 aliphatic carbocycles. The molecule has 4 heteroatoms. The Balaban J connectivity index is 3.34. The van der Waals surface area contributed by atoms with Crippen molar-refractivity contribution in [2.24, 2.45) is 0 Å². The monoisotopic (exact) mass is 194 g/mol. The Kier molecular flexibility index (Phi) is 9.64. The summed E-state index contributed by atoms with van der Waals surface area (Å²) < 4.78 is 16.0. The molecule has 0 amide bonds. The fourth-order valence-electron chi connectivity index (χ4n) is 0.738. The van der Waals surface area contributed by atoms with Crippen molar-refractivity contribution in [3.8, 4) is 0 Å². The SMILES string of the molecule is CCOCCP(OCC)OCC. The molecule has 0 aromatic carbocycles. The highest BCUT2D eigenvalue weighted by Crippen LogP contribution is 2.37. The van der Waals surface area contributed by atoms with Crippen molar-refractivity contribution in [2.45, 2.75) is 20.8 Å².